The molecule has 1 aliphatic heterocycles. The van der Waals surface area contributed by atoms with Gasteiger partial charge in [0.05, 0.1) is 6.54 Å². The third-order valence-electron chi connectivity index (χ3n) is 3.43. The molecule has 0 aromatic carbocycles. The molecule has 4 nitrogen and oxygen atoms in total. The predicted octanol–water partition coefficient (Wildman–Crippen LogP) is 0.915. The zero-order valence-corrected chi connectivity index (χ0v) is 10.7. The molecule has 2 atom stereocenters. The second-order valence-corrected chi connectivity index (χ2v) is 4.64. The number of nitrogens with zero attached hydrogens (tertiary/aromatic N) is 1. The molecule has 94 valence electrons. The summed E-state index contributed by atoms with van der Waals surface area (Å²) in [7, 11) is 0. The van der Waals surface area contributed by atoms with Crippen molar-refractivity contribution in [3.63, 3.8) is 0 Å². The molecule has 0 aromatic rings. The second-order valence-electron chi connectivity index (χ2n) is 4.64. The number of hydrogen-bond acceptors (Lipinski definition) is 2. The molecule has 2 amide bonds. The van der Waals surface area contributed by atoms with Crippen LogP contribution in [0.5, 0.6) is 0 Å². The van der Waals surface area contributed by atoms with Crippen LogP contribution in [0.25, 0.3) is 0 Å². The van der Waals surface area contributed by atoms with Crippen molar-refractivity contribution in [1.82, 2.24) is 10.2 Å². The van der Waals surface area contributed by atoms with Crippen molar-refractivity contribution in [2.24, 2.45) is 0 Å². The first-order valence-corrected chi connectivity index (χ1v) is 6.04. The first-order valence-electron chi connectivity index (χ1n) is 6.04. The van der Waals surface area contributed by atoms with Crippen LogP contribution in [0.15, 0.2) is 0 Å². The van der Waals surface area contributed by atoms with Crippen molar-refractivity contribution in [3.8, 4) is 12.3 Å². The molecule has 1 saturated heterocycles. The molecule has 1 N–H and O–H groups in total. The summed E-state index contributed by atoms with van der Waals surface area (Å²) in [6.07, 6.45) is 7.15. The molecular weight excluding hydrogens is 216 g/mol. The normalized spacial score (nSPS) is 26.4. The van der Waals surface area contributed by atoms with E-state index in [2.05, 4.69) is 11.2 Å². The molecular formula is C13H20N2O2. The summed E-state index contributed by atoms with van der Waals surface area (Å²) in [5, 5.41) is 2.76. The van der Waals surface area contributed by atoms with E-state index in [1.165, 1.54) is 0 Å². The fourth-order valence-corrected chi connectivity index (χ4v) is 2.09. The summed E-state index contributed by atoms with van der Waals surface area (Å²) in [5.41, 5.74) is -0.780. The van der Waals surface area contributed by atoms with Gasteiger partial charge in [-0.05, 0) is 19.8 Å². The van der Waals surface area contributed by atoms with Crippen LogP contribution in [-0.2, 0) is 9.59 Å². The number of terminal acetylenes is 1. The van der Waals surface area contributed by atoms with Crippen molar-refractivity contribution in [3.05, 3.63) is 0 Å². The van der Waals surface area contributed by atoms with E-state index in [4.69, 9.17) is 6.42 Å². The van der Waals surface area contributed by atoms with E-state index in [0.717, 1.165) is 6.42 Å². The third kappa shape index (κ3) is 2.60. The van der Waals surface area contributed by atoms with Gasteiger partial charge in [0.2, 0.25) is 11.8 Å². The van der Waals surface area contributed by atoms with Crippen LogP contribution in [0.2, 0.25) is 0 Å². The zero-order valence-electron chi connectivity index (χ0n) is 10.7. The summed E-state index contributed by atoms with van der Waals surface area (Å²) in [4.78, 5) is 25.6. The minimum absolute atomic E-state index is 0.0262. The van der Waals surface area contributed by atoms with Gasteiger partial charge in [0, 0.05) is 12.5 Å². The van der Waals surface area contributed by atoms with E-state index in [9.17, 15) is 9.59 Å². The van der Waals surface area contributed by atoms with E-state index in [1.54, 1.807) is 11.8 Å². The molecule has 1 aliphatic rings. The Balaban J connectivity index is 2.95. The lowest BCUT2D eigenvalue weighted by Crippen LogP contribution is -2.66. The topological polar surface area (TPSA) is 49.4 Å². The van der Waals surface area contributed by atoms with Gasteiger partial charge in [-0.25, -0.2) is 0 Å². The lowest BCUT2D eigenvalue weighted by molar-refractivity contribution is -0.151. The van der Waals surface area contributed by atoms with Crippen molar-refractivity contribution in [1.29, 1.82) is 0 Å². The fraction of sp³-hybridized carbons (Fsp3) is 0.692. The number of carbonyl (C=O) groups is 2. The Bertz CT molecular complexity index is 359. The fourth-order valence-electron chi connectivity index (χ4n) is 2.09. The largest absolute Gasteiger partial charge is 0.340 e. The minimum atomic E-state index is -0.780. The van der Waals surface area contributed by atoms with E-state index < -0.39 is 5.54 Å². The minimum Gasteiger partial charge on any atom is -0.340 e. The highest BCUT2D eigenvalue weighted by molar-refractivity contribution is 5.97. The highest BCUT2D eigenvalue weighted by atomic mass is 16.2. The van der Waals surface area contributed by atoms with Gasteiger partial charge in [0.25, 0.3) is 0 Å². The van der Waals surface area contributed by atoms with Gasteiger partial charge >= 0.3 is 0 Å². The Morgan fingerprint density at radius 1 is 1.53 bits per heavy atom. The monoisotopic (exact) mass is 236 g/mol. The number of amides is 2. The molecule has 1 rings (SSSR count). The standard InChI is InChI=1S/C13H20N2O2/c1-5-8-10(6-2)15-9-11(16)14-13(4,7-3)12(15)17/h1,10H,6-9H2,2-4H3,(H,14,16). The third-order valence-corrected chi connectivity index (χ3v) is 3.43. The molecule has 1 fully saturated rings. The van der Waals surface area contributed by atoms with Gasteiger partial charge in [-0.1, -0.05) is 13.8 Å². The summed E-state index contributed by atoms with van der Waals surface area (Å²) in [5.74, 6) is 2.44. The molecule has 0 saturated carbocycles. The van der Waals surface area contributed by atoms with Crippen molar-refractivity contribution >= 4 is 11.8 Å². The predicted molar refractivity (Wildman–Crippen MR) is 66.1 cm³/mol. The maximum Gasteiger partial charge on any atom is 0.248 e. The average molecular weight is 236 g/mol. The number of hydrogen-bond donors (Lipinski definition) is 1. The number of rotatable bonds is 4. The molecule has 4 heteroatoms. The average Bonchev–Trinajstić information content (AvgIpc) is 2.31. The lowest BCUT2D eigenvalue weighted by atomic mass is 9.92. The van der Waals surface area contributed by atoms with Crippen LogP contribution < -0.4 is 5.32 Å². The van der Waals surface area contributed by atoms with Crippen LogP contribution in [0.4, 0.5) is 0 Å². The highest BCUT2D eigenvalue weighted by Gasteiger charge is 2.43. The maximum atomic E-state index is 12.3. The van der Waals surface area contributed by atoms with E-state index in [1.807, 2.05) is 13.8 Å². The Morgan fingerprint density at radius 2 is 2.18 bits per heavy atom. The Labute approximate surface area is 103 Å². The van der Waals surface area contributed by atoms with Gasteiger partial charge in [0.1, 0.15) is 5.54 Å². The van der Waals surface area contributed by atoms with Gasteiger partial charge in [-0.2, -0.15) is 0 Å². The molecule has 0 aromatic heterocycles. The van der Waals surface area contributed by atoms with Crippen molar-refractivity contribution in [2.45, 2.75) is 51.6 Å². The van der Waals surface area contributed by atoms with Gasteiger partial charge in [0.15, 0.2) is 0 Å². The van der Waals surface area contributed by atoms with Crippen LogP contribution in [0.1, 0.15) is 40.0 Å². The number of piperazine rings is 1. The Morgan fingerprint density at radius 3 is 2.65 bits per heavy atom. The highest BCUT2D eigenvalue weighted by Crippen LogP contribution is 2.21. The molecule has 0 aliphatic carbocycles. The molecule has 2 unspecified atom stereocenters. The van der Waals surface area contributed by atoms with Crippen molar-refractivity contribution < 1.29 is 9.59 Å². The lowest BCUT2D eigenvalue weighted by Gasteiger charge is -2.42. The molecule has 0 radical (unpaired) electrons. The van der Waals surface area contributed by atoms with Crippen LogP contribution in [0.3, 0.4) is 0 Å². The first-order chi connectivity index (χ1) is 7.98. The summed E-state index contributed by atoms with van der Waals surface area (Å²) >= 11 is 0. The van der Waals surface area contributed by atoms with Crippen LogP contribution in [0, 0.1) is 12.3 Å². The van der Waals surface area contributed by atoms with E-state index >= 15 is 0 Å². The summed E-state index contributed by atoms with van der Waals surface area (Å²) < 4.78 is 0. The van der Waals surface area contributed by atoms with Crippen LogP contribution in [-0.4, -0.2) is 34.8 Å². The zero-order chi connectivity index (χ0) is 13.1. The van der Waals surface area contributed by atoms with Gasteiger partial charge in [-0.3, -0.25) is 9.59 Å². The quantitative estimate of drug-likeness (QED) is 0.738. The SMILES string of the molecule is C#CCC(CC)N1CC(=O)NC(C)(CC)C1=O. The van der Waals surface area contributed by atoms with Gasteiger partial charge in [-0.15, -0.1) is 12.3 Å². The van der Waals surface area contributed by atoms with E-state index in [0.29, 0.717) is 12.8 Å². The number of nitrogens with one attached hydrogen (secondary N) is 1. The molecule has 0 spiro atoms. The summed E-state index contributed by atoms with van der Waals surface area (Å²) in [6.45, 7) is 5.76. The van der Waals surface area contributed by atoms with Crippen LogP contribution >= 0.6 is 0 Å². The Kier molecular flexibility index (Phi) is 4.17. The second kappa shape index (κ2) is 5.22. The molecule has 17 heavy (non-hydrogen) atoms. The number of carbonyl (C=O) groups excluding carboxylic acids is 2. The molecule has 0 bridgehead atoms. The van der Waals surface area contributed by atoms with Crippen molar-refractivity contribution in [2.75, 3.05) is 6.54 Å². The van der Waals surface area contributed by atoms with E-state index in [-0.39, 0.29) is 24.4 Å². The molecule has 1 heterocycles. The Hall–Kier alpha value is -1.50. The maximum absolute atomic E-state index is 12.3. The summed E-state index contributed by atoms with van der Waals surface area (Å²) in [6, 6.07) is -0.0376. The first kappa shape index (κ1) is 13.6. The smallest absolute Gasteiger partial charge is 0.248 e. The van der Waals surface area contributed by atoms with Gasteiger partial charge < -0.3 is 10.2 Å².